The first kappa shape index (κ1) is 15.4. The van der Waals surface area contributed by atoms with Crippen molar-refractivity contribution in [1.29, 1.82) is 0 Å². The lowest BCUT2D eigenvalue weighted by Crippen LogP contribution is -2.14. The Hall–Kier alpha value is -1.64. The maximum atomic E-state index is 9.49. The summed E-state index contributed by atoms with van der Waals surface area (Å²) in [7, 11) is 0. The number of aliphatic hydroxyl groups excluding tert-OH is 1. The van der Waals surface area contributed by atoms with Crippen molar-refractivity contribution >= 4 is 0 Å². The van der Waals surface area contributed by atoms with Crippen LogP contribution in [0.2, 0.25) is 0 Å². The van der Waals surface area contributed by atoms with Gasteiger partial charge in [-0.3, -0.25) is 0 Å². The van der Waals surface area contributed by atoms with E-state index in [-0.39, 0.29) is 6.61 Å². The highest BCUT2D eigenvalue weighted by Crippen LogP contribution is 2.17. The van der Waals surface area contributed by atoms with Crippen molar-refractivity contribution in [3.05, 3.63) is 71.8 Å². The van der Waals surface area contributed by atoms with Crippen molar-refractivity contribution in [1.82, 2.24) is 0 Å². The van der Waals surface area contributed by atoms with Crippen LogP contribution >= 0.6 is 0 Å². The van der Waals surface area contributed by atoms with Gasteiger partial charge in [-0.25, -0.2) is 0 Å². The fourth-order valence-electron chi connectivity index (χ4n) is 1.62. The Bertz CT molecular complexity index is 444. The highest BCUT2D eigenvalue weighted by atomic mass is 16.3. The number of benzene rings is 2. The van der Waals surface area contributed by atoms with E-state index in [1.807, 2.05) is 60.7 Å². The maximum Gasteiger partial charge on any atom is 0.0840 e. The van der Waals surface area contributed by atoms with E-state index < -0.39 is 5.60 Å². The first-order valence-electron chi connectivity index (χ1n) is 6.46. The maximum absolute atomic E-state index is 9.49. The minimum absolute atomic E-state index is 0.240. The van der Waals surface area contributed by atoms with E-state index in [4.69, 9.17) is 5.11 Å². The van der Waals surface area contributed by atoms with Gasteiger partial charge in [0.25, 0.3) is 0 Å². The summed E-state index contributed by atoms with van der Waals surface area (Å²) in [5, 5.41) is 18.0. The molecule has 0 amide bonds. The zero-order valence-corrected chi connectivity index (χ0v) is 11.6. The second-order valence-corrected chi connectivity index (χ2v) is 4.88. The van der Waals surface area contributed by atoms with Crippen LogP contribution in [0.5, 0.6) is 0 Å². The van der Waals surface area contributed by atoms with E-state index in [0.717, 1.165) is 12.0 Å². The highest BCUT2D eigenvalue weighted by Gasteiger charge is 2.13. The molecular formula is C17H22O2. The second-order valence-electron chi connectivity index (χ2n) is 4.88. The van der Waals surface area contributed by atoms with Gasteiger partial charge in [0, 0.05) is 6.61 Å². The number of hydrogen-bond acceptors (Lipinski definition) is 2. The molecule has 0 fully saturated rings. The van der Waals surface area contributed by atoms with Crippen LogP contribution in [0.4, 0.5) is 0 Å². The van der Waals surface area contributed by atoms with E-state index in [9.17, 15) is 5.11 Å². The standard InChI is InChI=1S/C9H12O.C8H10O/c1-9(2,10)8-6-4-3-5-7-8;9-7-6-8-4-2-1-3-5-8/h3-7,10H,1-2H3;1-5,9H,6-7H2. The Kier molecular flexibility index (Phi) is 6.26. The van der Waals surface area contributed by atoms with Crippen molar-refractivity contribution in [2.45, 2.75) is 25.9 Å². The first-order chi connectivity index (χ1) is 9.04. The molecule has 0 saturated heterocycles. The molecular weight excluding hydrogens is 236 g/mol. The molecule has 0 radical (unpaired) electrons. The molecule has 0 aliphatic rings. The zero-order valence-electron chi connectivity index (χ0n) is 11.6. The molecule has 0 aliphatic carbocycles. The van der Waals surface area contributed by atoms with Crippen molar-refractivity contribution in [3.63, 3.8) is 0 Å². The van der Waals surface area contributed by atoms with Crippen LogP contribution in [-0.2, 0) is 12.0 Å². The number of rotatable bonds is 3. The van der Waals surface area contributed by atoms with Gasteiger partial charge >= 0.3 is 0 Å². The monoisotopic (exact) mass is 258 g/mol. The Morgan fingerprint density at radius 1 is 0.842 bits per heavy atom. The minimum Gasteiger partial charge on any atom is -0.396 e. The molecule has 2 aromatic rings. The van der Waals surface area contributed by atoms with Gasteiger partial charge in [-0.15, -0.1) is 0 Å². The molecule has 102 valence electrons. The lowest BCUT2D eigenvalue weighted by atomic mass is 9.99. The van der Waals surface area contributed by atoms with E-state index in [0.29, 0.717) is 0 Å². The molecule has 2 rings (SSSR count). The predicted octanol–water partition coefficient (Wildman–Crippen LogP) is 3.14. The minimum atomic E-state index is -0.707. The third kappa shape index (κ3) is 6.18. The van der Waals surface area contributed by atoms with Gasteiger partial charge in [0.15, 0.2) is 0 Å². The van der Waals surface area contributed by atoms with Gasteiger partial charge < -0.3 is 10.2 Å². The van der Waals surface area contributed by atoms with Crippen LogP contribution in [0, 0.1) is 0 Å². The molecule has 0 atom stereocenters. The Morgan fingerprint density at radius 3 is 1.68 bits per heavy atom. The Labute approximate surface area is 115 Å². The summed E-state index contributed by atoms with van der Waals surface area (Å²) in [6.07, 6.45) is 0.765. The largest absolute Gasteiger partial charge is 0.396 e. The van der Waals surface area contributed by atoms with Crippen molar-refractivity contribution in [2.24, 2.45) is 0 Å². The number of aliphatic hydroxyl groups is 2. The molecule has 0 aromatic heterocycles. The Balaban J connectivity index is 0.000000191. The molecule has 0 aliphatic heterocycles. The Morgan fingerprint density at radius 2 is 1.32 bits per heavy atom. The normalized spacial score (nSPS) is 10.5. The summed E-state index contributed by atoms with van der Waals surface area (Å²) in [6, 6.07) is 19.6. The van der Waals surface area contributed by atoms with Crippen molar-refractivity contribution in [2.75, 3.05) is 6.61 Å². The summed E-state index contributed by atoms with van der Waals surface area (Å²) in [5.74, 6) is 0. The summed E-state index contributed by atoms with van der Waals surface area (Å²) < 4.78 is 0. The summed E-state index contributed by atoms with van der Waals surface area (Å²) in [6.45, 7) is 3.80. The predicted molar refractivity (Wildman–Crippen MR) is 78.9 cm³/mol. The summed E-state index contributed by atoms with van der Waals surface area (Å²) in [5.41, 5.74) is 1.44. The van der Waals surface area contributed by atoms with Gasteiger partial charge in [0.05, 0.1) is 5.60 Å². The lowest BCUT2D eigenvalue weighted by Gasteiger charge is -2.16. The van der Waals surface area contributed by atoms with Crippen LogP contribution < -0.4 is 0 Å². The fraction of sp³-hybridized carbons (Fsp3) is 0.294. The van der Waals surface area contributed by atoms with Gasteiger partial charge in [-0.05, 0) is 31.4 Å². The lowest BCUT2D eigenvalue weighted by molar-refractivity contribution is 0.0786. The van der Waals surface area contributed by atoms with Gasteiger partial charge in [0.1, 0.15) is 0 Å². The van der Waals surface area contributed by atoms with Crippen LogP contribution in [0.3, 0.4) is 0 Å². The molecule has 0 spiro atoms. The quantitative estimate of drug-likeness (QED) is 0.888. The zero-order chi connectivity index (χ0) is 14.1. The van der Waals surface area contributed by atoms with Gasteiger partial charge in [-0.2, -0.15) is 0 Å². The molecule has 19 heavy (non-hydrogen) atoms. The number of hydrogen-bond donors (Lipinski definition) is 2. The topological polar surface area (TPSA) is 40.5 Å². The average Bonchev–Trinajstić information content (AvgIpc) is 2.41. The van der Waals surface area contributed by atoms with Crippen LogP contribution in [0.25, 0.3) is 0 Å². The third-order valence-electron chi connectivity index (χ3n) is 2.72. The first-order valence-corrected chi connectivity index (χ1v) is 6.46. The molecule has 0 bridgehead atoms. The van der Waals surface area contributed by atoms with Crippen LogP contribution in [0.15, 0.2) is 60.7 Å². The van der Waals surface area contributed by atoms with Crippen LogP contribution in [0.1, 0.15) is 25.0 Å². The second kappa shape index (κ2) is 7.72. The fourth-order valence-corrected chi connectivity index (χ4v) is 1.62. The SMILES string of the molecule is CC(C)(O)c1ccccc1.OCCc1ccccc1. The molecule has 0 unspecified atom stereocenters. The summed E-state index contributed by atoms with van der Waals surface area (Å²) in [4.78, 5) is 0. The molecule has 2 nitrogen and oxygen atoms in total. The van der Waals surface area contributed by atoms with Gasteiger partial charge in [-0.1, -0.05) is 60.7 Å². The molecule has 0 saturated carbocycles. The van der Waals surface area contributed by atoms with E-state index in [2.05, 4.69) is 0 Å². The van der Waals surface area contributed by atoms with Gasteiger partial charge in [0.2, 0.25) is 0 Å². The van der Waals surface area contributed by atoms with E-state index in [1.165, 1.54) is 5.56 Å². The van der Waals surface area contributed by atoms with Crippen molar-refractivity contribution < 1.29 is 10.2 Å². The third-order valence-corrected chi connectivity index (χ3v) is 2.72. The summed E-state index contributed by atoms with van der Waals surface area (Å²) >= 11 is 0. The molecule has 0 heterocycles. The van der Waals surface area contributed by atoms with E-state index in [1.54, 1.807) is 13.8 Å². The smallest absolute Gasteiger partial charge is 0.0840 e. The average molecular weight is 258 g/mol. The molecule has 2 N–H and O–H groups in total. The highest BCUT2D eigenvalue weighted by molar-refractivity contribution is 5.20. The van der Waals surface area contributed by atoms with Crippen LogP contribution in [-0.4, -0.2) is 16.8 Å². The molecule has 2 aromatic carbocycles. The molecule has 2 heteroatoms. The van der Waals surface area contributed by atoms with Crippen molar-refractivity contribution in [3.8, 4) is 0 Å². The van der Waals surface area contributed by atoms with E-state index >= 15 is 0 Å².